The number of halogens is 29. The number of alkyl halides is 29. The molecule has 0 spiro atoms. The van der Waals surface area contributed by atoms with E-state index in [2.05, 4.69) is 27.6 Å². The third-order valence-corrected chi connectivity index (χ3v) is 19.4. The highest BCUT2D eigenvalue weighted by atomic mass is 32.3. The lowest BCUT2D eigenvalue weighted by atomic mass is 10.3. The summed E-state index contributed by atoms with van der Waals surface area (Å²) in [4.78, 5) is -3.87. The minimum absolute atomic E-state index is 0.614. The second-order valence-electron chi connectivity index (χ2n) is 12.4. The summed E-state index contributed by atoms with van der Waals surface area (Å²) in [7, 11) is -26.0. The second kappa shape index (κ2) is 21.0. The van der Waals surface area contributed by atoms with Crippen molar-refractivity contribution in [2.24, 2.45) is 0 Å². The Hall–Kier alpha value is -2.14. The Morgan fingerprint density at radius 2 is 0.803 bits per heavy atom. The second-order valence-corrected chi connectivity index (χ2v) is 23.7. The molecule has 0 N–H and O–H groups in total. The first kappa shape index (κ1) is 71.9. The van der Waals surface area contributed by atoms with Crippen molar-refractivity contribution in [1.82, 2.24) is 9.80 Å². The fourth-order valence-corrected chi connectivity index (χ4v) is 14.3. The van der Waals surface area contributed by atoms with E-state index >= 15 is 0 Å². The Kier molecular flexibility index (Phi) is 19.9. The Morgan fingerprint density at radius 1 is 0.526 bits per heavy atom. The lowest BCUT2D eigenvalue weighted by Gasteiger charge is -2.46. The number of nitrogens with zero attached hydrogens (tertiary/aromatic N) is 4. The monoisotopic (exact) mass is 1340 g/mol. The van der Waals surface area contributed by atoms with Crippen LogP contribution in [0, 0.1) is 10.5 Å². The molecule has 0 bridgehead atoms. The molecule has 0 aromatic carbocycles. The number of rotatable bonds is 10. The number of hydroxylamine groups is 1. The molecule has 4 aliphatic heterocycles. The maximum absolute atomic E-state index is 13.1. The topological polar surface area (TPSA) is 269 Å². The van der Waals surface area contributed by atoms with Gasteiger partial charge in [0.25, 0.3) is 0 Å². The smallest absolute Gasteiger partial charge is 0.521 e. The van der Waals surface area contributed by atoms with Crippen LogP contribution in [0.4, 0.5) is 127 Å². The Labute approximate surface area is 405 Å². The summed E-state index contributed by atoms with van der Waals surface area (Å²) in [6.07, 6.45) is -29.6. The van der Waals surface area contributed by atoms with Crippen LogP contribution in [0.15, 0.2) is 0 Å². The van der Waals surface area contributed by atoms with Gasteiger partial charge in [-0.05, 0) is 0 Å². The van der Waals surface area contributed by atoms with Crippen molar-refractivity contribution in [3.05, 3.63) is 20.1 Å². The molecule has 0 amide bonds. The molecule has 4 heterocycles. The number of morpholine rings is 2. The third kappa shape index (κ3) is 11.9. The maximum Gasteiger partial charge on any atom is 0.533 e. The minimum atomic E-state index is -6.83. The van der Waals surface area contributed by atoms with Gasteiger partial charge in [0.2, 0.25) is 0 Å². The molecule has 76 heavy (non-hydrogen) atoms. The molecule has 0 aromatic rings. The van der Waals surface area contributed by atoms with Gasteiger partial charge in [-0.3, -0.25) is 21.0 Å². The highest BCUT2D eigenvalue weighted by molar-refractivity contribution is 8.29. The van der Waals surface area contributed by atoms with Gasteiger partial charge in [-0.1, -0.05) is 0 Å². The summed E-state index contributed by atoms with van der Waals surface area (Å²) >= 11 is -10.7. The van der Waals surface area contributed by atoms with E-state index in [0.717, 1.165) is 18.1 Å². The quantitative estimate of drug-likeness (QED) is 0.101. The predicted octanol–water partition coefficient (Wildman–Crippen LogP) is 6.27. The zero-order chi connectivity index (χ0) is 61.5. The molecule has 0 radical (unpaired) electrons. The van der Waals surface area contributed by atoms with Crippen LogP contribution in [0.5, 0.6) is 0 Å². The lowest BCUT2D eigenvalue weighted by Crippen LogP contribution is -2.74. The third-order valence-electron chi connectivity index (χ3n) is 7.43. The molecule has 0 saturated carbocycles. The van der Waals surface area contributed by atoms with Gasteiger partial charge in [0.15, 0.2) is 31.1 Å². The SMILES string of the molecule is C[CH-]OS(=O)CN1C(F)(F)C(F)(F)OC(F)(F)C1(F)F.C[N-]OS(=O)CN1C(F)(F)C(F)(F)OC(F)(F)C1(F)F.O=S(OC(F)(F)F)[C-]1S(=O)(=O)C(F)(F)C(F)(F)S1(=O)=O.O=S1(=O)[N-]S(=O)(=O)C(F)(F)C(F)(F)C1(F)F. The zero-order valence-electron chi connectivity index (χ0n) is 33.6. The van der Waals surface area contributed by atoms with E-state index in [1.54, 1.807) is 0 Å². The molecule has 4 aliphatic rings. The van der Waals surface area contributed by atoms with E-state index in [9.17, 15) is 174 Å². The molecule has 56 heteroatoms. The van der Waals surface area contributed by atoms with Crippen LogP contribution in [0.25, 0.3) is 9.61 Å². The van der Waals surface area contributed by atoms with E-state index in [-0.39, 0.29) is 0 Å². The van der Waals surface area contributed by atoms with Crippen LogP contribution in [0.3, 0.4) is 0 Å². The highest BCUT2D eigenvalue weighted by Crippen LogP contribution is 2.60. The van der Waals surface area contributed by atoms with Crippen LogP contribution in [-0.4, -0.2) is 157 Å². The van der Waals surface area contributed by atoms with Crippen LogP contribution in [0.1, 0.15) is 6.92 Å². The van der Waals surface area contributed by atoms with Crippen molar-refractivity contribution in [2.45, 2.75) is 88.8 Å². The molecule has 20 nitrogen and oxygen atoms in total. The minimum Gasteiger partial charge on any atom is -0.521 e. The maximum atomic E-state index is 13.1. The zero-order valence-corrected chi connectivity index (χ0v) is 39.3. The number of sulfonamides is 2. The number of hydrogen-bond acceptors (Lipinski definition) is 18. The lowest BCUT2D eigenvalue weighted by molar-refractivity contribution is -0.560. The first-order valence-electron chi connectivity index (χ1n) is 15.9. The summed E-state index contributed by atoms with van der Waals surface area (Å²) in [5.41, 5.74) is 2.65. The molecule has 4 fully saturated rings. The van der Waals surface area contributed by atoms with Crippen molar-refractivity contribution >= 4 is 73.0 Å². The molecule has 4 saturated heterocycles. The summed E-state index contributed by atoms with van der Waals surface area (Å²) in [6, 6.07) is -23.4. The van der Waals surface area contributed by atoms with Gasteiger partial charge in [-0.25, -0.2) is 38.9 Å². The van der Waals surface area contributed by atoms with Crippen LogP contribution in [-0.2, 0) is 95.1 Å². The van der Waals surface area contributed by atoms with E-state index in [1.807, 2.05) is 0 Å². The molecular formula is C20H11F29N4O16S7-4. The number of ether oxygens (including phenoxy) is 2. The van der Waals surface area contributed by atoms with Gasteiger partial charge in [-0.2, -0.15) is 137 Å². The molecule has 3 unspecified atom stereocenters. The molecule has 0 aromatic heterocycles. The first-order valence-corrected chi connectivity index (χ1v) is 25.3. The summed E-state index contributed by atoms with van der Waals surface area (Å²) in [6.45, 7) is 1.68. The van der Waals surface area contributed by atoms with E-state index in [0.29, 0.717) is 6.61 Å². The van der Waals surface area contributed by atoms with E-state index < -0.39 is 180 Å². The van der Waals surface area contributed by atoms with Crippen molar-refractivity contribution in [3.8, 4) is 0 Å². The van der Waals surface area contributed by atoms with E-state index in [4.69, 9.17) is 0 Å². The van der Waals surface area contributed by atoms with Gasteiger partial charge < -0.3 is 18.1 Å². The van der Waals surface area contributed by atoms with E-state index in [1.165, 1.54) is 0 Å². The van der Waals surface area contributed by atoms with Crippen molar-refractivity contribution < 1.29 is 196 Å². The first-order chi connectivity index (χ1) is 32.8. The van der Waals surface area contributed by atoms with Gasteiger partial charge >= 0.3 is 81.9 Å². The van der Waals surface area contributed by atoms with Crippen molar-refractivity contribution in [3.63, 3.8) is 0 Å². The normalized spacial score (nSPS) is 29.9. The van der Waals surface area contributed by atoms with Gasteiger partial charge in [0, 0.05) is 11.1 Å². The summed E-state index contributed by atoms with van der Waals surface area (Å²) in [5, 5.41) is -25.2. The summed E-state index contributed by atoms with van der Waals surface area (Å²) in [5.74, 6) is -10.9. The fraction of sp³-hybridized carbons (Fsp3) is 0.900. The fourth-order valence-electron chi connectivity index (χ4n) is 4.01. The highest BCUT2D eigenvalue weighted by Gasteiger charge is 2.85. The van der Waals surface area contributed by atoms with Crippen molar-refractivity contribution in [2.75, 3.05) is 18.8 Å². The standard InChI is InChI=1S/C7H6F8NO3S.C6H5F8N2O3S.C4F7O6S3.C3F6NO4S2/c1-2-18-20(17)3-16-4(8,9)6(12,13)19-7(14,15)5(16,10)11;1-15-19-20(17)2-16-3(7,8)5(11,12)18-6(13,14)4(16,9)10;5-2(6)3(7,8)20(15,16)1(19(2,13)14)18(12)17-4(9,10)11;4-1(5)2(6,7)15(11,12)10-16(13,14)3(1,8)9/h2H,3H2,1H3;2H2,1H3;;/q4*-1. The molecule has 0 aliphatic carbocycles. The molecule has 3 atom stereocenters. The van der Waals surface area contributed by atoms with Gasteiger partial charge in [0.05, 0.1) is 3.91 Å². The molecule has 456 valence electrons. The van der Waals surface area contributed by atoms with Crippen LogP contribution in [0.2, 0.25) is 0 Å². The Bertz CT molecular complexity index is 2480. The average Bonchev–Trinajstić information content (AvgIpc) is 3.23. The van der Waals surface area contributed by atoms with Crippen LogP contribution >= 0.6 is 0 Å². The van der Waals surface area contributed by atoms with Gasteiger partial charge in [0.1, 0.15) is 42.5 Å². The summed E-state index contributed by atoms with van der Waals surface area (Å²) < 4.78 is 497. The molecular weight excluding hydrogens is 1330 g/mol. The molecule has 4 rings (SSSR count). The largest absolute Gasteiger partial charge is 0.533 e. The average molecular weight is 1340 g/mol. The Morgan fingerprint density at radius 3 is 1.05 bits per heavy atom. The number of sulfone groups is 2. The predicted molar refractivity (Wildman–Crippen MR) is 175 cm³/mol. The number of hydrogen-bond donors (Lipinski definition) is 0. The van der Waals surface area contributed by atoms with Gasteiger partial charge in [-0.15, -0.1) is 20.2 Å². The Balaban J connectivity index is 0.000000508. The van der Waals surface area contributed by atoms with Crippen molar-refractivity contribution in [1.29, 1.82) is 0 Å². The van der Waals surface area contributed by atoms with Crippen LogP contribution < -0.4 is 0 Å².